The first-order chi connectivity index (χ1) is 39.7. The van der Waals surface area contributed by atoms with Gasteiger partial charge in [0.2, 0.25) is 11.8 Å². The van der Waals surface area contributed by atoms with Crippen LogP contribution in [0.4, 0.5) is 4.79 Å². The fourth-order valence-corrected chi connectivity index (χ4v) is 18.9. The number of ketones is 1. The Morgan fingerprint density at radius 3 is 1.83 bits per heavy atom. The van der Waals surface area contributed by atoms with Gasteiger partial charge in [-0.25, -0.2) is 4.79 Å². The van der Waals surface area contributed by atoms with Gasteiger partial charge in [-0.1, -0.05) is 105 Å². The highest BCUT2D eigenvalue weighted by Gasteiger charge is 2.50. The lowest BCUT2D eigenvalue weighted by Gasteiger charge is -2.42. The van der Waals surface area contributed by atoms with Crippen LogP contribution < -0.4 is 5.32 Å². The molecule has 4 aliphatic heterocycles. The maximum Gasteiger partial charge on any atom is 0.409 e. The zero-order valence-corrected chi connectivity index (χ0v) is 50.6. The Hall–Kier alpha value is -4.84. The van der Waals surface area contributed by atoms with Crippen molar-refractivity contribution in [1.82, 2.24) is 29.8 Å². The molecule has 3 aromatic rings. The highest BCUT2D eigenvalue weighted by atomic mass is 16.6. The highest BCUT2D eigenvalue weighted by Crippen LogP contribution is 2.55. The average molecular weight is 1120 g/mol. The Kier molecular flexibility index (Phi) is 17.0. The normalized spacial score (nSPS) is 30.0. The molecule has 1 N–H and O–H groups in total. The summed E-state index contributed by atoms with van der Waals surface area (Å²) in [4.78, 5) is 60.7. The van der Waals surface area contributed by atoms with E-state index >= 15 is 0 Å². The summed E-state index contributed by atoms with van der Waals surface area (Å²) in [6.07, 6.45) is 25.7. The zero-order valence-electron chi connectivity index (χ0n) is 50.6. The number of rotatable bonds is 10. The van der Waals surface area contributed by atoms with E-state index in [0.29, 0.717) is 18.3 Å². The number of likely N-dealkylation sites (tertiary alicyclic amines) is 4. The van der Waals surface area contributed by atoms with E-state index in [1.807, 2.05) is 49.8 Å². The summed E-state index contributed by atoms with van der Waals surface area (Å²) < 4.78 is 5.13. The molecule has 3 amide bonds. The van der Waals surface area contributed by atoms with E-state index in [9.17, 15) is 19.2 Å². The standard InChI is InChI=1S/C26H38N2O.C24H35N3O3.C21H25NO.2H2/c1-18(2)25(29)27(3)24-16-26(23-7-5-4-6-22(23)24)10-12-28(13-11-26)17-21-15-19-8-9-20(21)14-19;1-3-30-23(29)27-12-8-19(9-13-27)17-26-14-10-24(11-15-26)16-22(25-18(2)28)20-6-4-5-7-21(20)24;23-20-13-21(19-4-2-1-3-18(19)20)7-9-22(10-8-21)14-17-12-15-5-6-16(17)11-15;;/h4-7,18-21,24H,8-17H2,1-3H3;4-7,19,22H,3,8-17H2,1-2H3,(H,25,28);1-6,15-17H,7-14H2;2*1H/t19-,20?,21+,24-;22-;15-,16-,17-;;/m000../s1. The summed E-state index contributed by atoms with van der Waals surface area (Å²) in [5, 5.41) is 3.17. The molecule has 11 heteroatoms. The second-order valence-electron chi connectivity index (χ2n) is 28.4. The molecule has 11 nitrogen and oxygen atoms in total. The number of Topliss-reactive ketones (excluding diaryl/α,β-unsaturated/α-hetero) is 1. The number of amides is 3. The van der Waals surface area contributed by atoms with Gasteiger partial charge in [-0.05, 0) is 212 Å². The fourth-order valence-electron chi connectivity index (χ4n) is 18.9. The first-order valence-corrected chi connectivity index (χ1v) is 32.8. The van der Waals surface area contributed by atoms with Crippen molar-refractivity contribution in [3.63, 3.8) is 0 Å². The van der Waals surface area contributed by atoms with Crippen LogP contribution in [-0.2, 0) is 30.6 Å². The number of carbonyl (C=O) groups excluding carboxylic acids is 4. The van der Waals surface area contributed by atoms with Gasteiger partial charge >= 0.3 is 6.09 Å². The van der Waals surface area contributed by atoms with Gasteiger partial charge < -0.3 is 34.6 Å². The Balaban J connectivity index is 0.000000140. The Labute approximate surface area is 494 Å². The lowest BCUT2D eigenvalue weighted by atomic mass is 9.73. The number of piperidine rings is 4. The lowest BCUT2D eigenvalue weighted by Crippen LogP contribution is -2.46. The molecular formula is C71H102N6O5. The van der Waals surface area contributed by atoms with Crippen LogP contribution in [0.1, 0.15) is 190 Å². The highest BCUT2D eigenvalue weighted by molar-refractivity contribution is 6.02. The molecule has 3 spiro atoms. The molecular weight excluding hydrogens is 1020 g/mol. The number of benzene rings is 3. The minimum absolute atomic E-state index is 0. The molecule has 4 saturated heterocycles. The van der Waals surface area contributed by atoms with Crippen LogP contribution in [-0.4, -0.2) is 134 Å². The number of nitrogens with zero attached hydrogens (tertiary/aromatic N) is 5. The summed E-state index contributed by atoms with van der Waals surface area (Å²) >= 11 is 0. The number of hydrogen-bond acceptors (Lipinski definition) is 8. The molecule has 3 saturated carbocycles. The van der Waals surface area contributed by atoms with Gasteiger partial charge in [0.15, 0.2) is 5.78 Å². The van der Waals surface area contributed by atoms with Crippen molar-refractivity contribution in [2.24, 2.45) is 47.3 Å². The van der Waals surface area contributed by atoms with Crippen LogP contribution >= 0.6 is 0 Å². The predicted molar refractivity (Wildman–Crippen MR) is 330 cm³/mol. The molecule has 14 rings (SSSR count). The summed E-state index contributed by atoms with van der Waals surface area (Å²) in [7, 11) is 2.02. The molecule has 11 aliphatic rings. The summed E-state index contributed by atoms with van der Waals surface area (Å²) in [5.74, 6) is 7.09. The number of allylic oxidation sites excluding steroid dienone is 2. The Morgan fingerprint density at radius 1 is 0.659 bits per heavy atom. The minimum Gasteiger partial charge on any atom is -0.450 e. The van der Waals surface area contributed by atoms with E-state index in [0.717, 1.165) is 132 Å². The monoisotopic (exact) mass is 1120 g/mol. The van der Waals surface area contributed by atoms with Crippen molar-refractivity contribution in [2.45, 2.75) is 165 Å². The average Bonchev–Trinajstić information content (AvgIpc) is 2.09. The number of carbonyl (C=O) groups is 4. The van der Waals surface area contributed by atoms with Crippen LogP contribution in [0.15, 0.2) is 84.9 Å². The SMILES string of the molecule is CC(C)C(=O)N(C)[C@H]1CC2(CCN(C[C@H]3C[C@H]4CCC3C4)CC2)c2ccccc21.CCOC(=O)N1CCC(CN2CCC3(CC2)C[C@H](NC(C)=O)c2ccccc23)CC1.O=C1CC2(CCN(C[C@@H]3C[C@H]4C=C[C@H]3C4)CC2)c2ccccc21.[HH].[HH]. The third-order valence-electron chi connectivity index (χ3n) is 23.3. The molecule has 0 radical (unpaired) electrons. The van der Waals surface area contributed by atoms with E-state index in [1.165, 1.54) is 118 Å². The molecule has 4 bridgehead atoms. The van der Waals surface area contributed by atoms with Gasteiger partial charge in [-0.3, -0.25) is 14.4 Å². The second kappa shape index (κ2) is 24.3. The zero-order chi connectivity index (χ0) is 56.8. The first-order valence-electron chi connectivity index (χ1n) is 32.8. The Morgan fingerprint density at radius 2 is 1.24 bits per heavy atom. The molecule has 446 valence electrons. The fraction of sp³-hybridized carbons (Fsp3) is 0.662. The van der Waals surface area contributed by atoms with Crippen molar-refractivity contribution < 1.29 is 26.8 Å². The van der Waals surface area contributed by atoms with Gasteiger partial charge in [0.25, 0.3) is 0 Å². The largest absolute Gasteiger partial charge is 0.450 e. The third-order valence-corrected chi connectivity index (χ3v) is 23.3. The smallest absolute Gasteiger partial charge is 0.409 e. The number of ether oxygens (including phenoxy) is 1. The number of nitrogens with one attached hydrogen (secondary N) is 1. The van der Waals surface area contributed by atoms with Crippen LogP contribution in [0, 0.1) is 47.3 Å². The van der Waals surface area contributed by atoms with Crippen molar-refractivity contribution in [3.8, 4) is 0 Å². The second-order valence-corrected chi connectivity index (χ2v) is 28.4. The van der Waals surface area contributed by atoms with Crippen molar-refractivity contribution in [2.75, 3.05) is 85.6 Å². The van der Waals surface area contributed by atoms with Crippen molar-refractivity contribution >= 4 is 23.7 Å². The third kappa shape index (κ3) is 11.7. The minimum atomic E-state index is -0.163. The van der Waals surface area contributed by atoms with Gasteiger partial charge in [0, 0.05) is 83.7 Å². The molecule has 8 atom stereocenters. The van der Waals surface area contributed by atoms with Crippen LogP contribution in [0.3, 0.4) is 0 Å². The number of hydrogen-bond donors (Lipinski definition) is 1. The van der Waals surface area contributed by atoms with E-state index in [-0.39, 0.29) is 55.0 Å². The maximum atomic E-state index is 12.7. The van der Waals surface area contributed by atoms with Gasteiger partial charge in [0.05, 0.1) is 18.7 Å². The van der Waals surface area contributed by atoms with Crippen LogP contribution in [0.5, 0.6) is 0 Å². The molecule has 4 heterocycles. The van der Waals surface area contributed by atoms with E-state index in [4.69, 9.17) is 4.74 Å². The summed E-state index contributed by atoms with van der Waals surface area (Å²) in [5.41, 5.74) is 8.67. The van der Waals surface area contributed by atoms with Gasteiger partial charge in [-0.15, -0.1) is 0 Å². The first kappa shape index (κ1) is 57.6. The summed E-state index contributed by atoms with van der Waals surface area (Å²) in [6.45, 7) is 20.3. The molecule has 3 aromatic carbocycles. The van der Waals surface area contributed by atoms with E-state index in [2.05, 4.69) is 92.8 Å². The van der Waals surface area contributed by atoms with E-state index < -0.39 is 0 Å². The Bertz CT molecular complexity index is 2810. The predicted octanol–water partition coefficient (Wildman–Crippen LogP) is 12.8. The molecule has 7 aliphatic carbocycles. The van der Waals surface area contributed by atoms with Crippen LogP contribution in [0.2, 0.25) is 0 Å². The lowest BCUT2D eigenvalue weighted by molar-refractivity contribution is -0.135. The molecule has 7 fully saturated rings. The molecule has 1 unspecified atom stereocenters. The van der Waals surface area contributed by atoms with E-state index in [1.54, 1.807) is 6.92 Å². The van der Waals surface area contributed by atoms with Gasteiger partial charge in [-0.2, -0.15) is 0 Å². The van der Waals surface area contributed by atoms with Crippen molar-refractivity contribution in [3.05, 3.63) is 118 Å². The number of fused-ring (bicyclic) bond motifs is 10. The quantitative estimate of drug-likeness (QED) is 0.200. The maximum absolute atomic E-state index is 12.7. The summed E-state index contributed by atoms with van der Waals surface area (Å²) in [6, 6.07) is 26.4. The molecule has 0 aromatic heterocycles. The van der Waals surface area contributed by atoms with Crippen LogP contribution in [0.25, 0.3) is 0 Å². The topological polar surface area (TPSA) is 106 Å². The van der Waals surface area contributed by atoms with Crippen molar-refractivity contribution in [1.29, 1.82) is 0 Å². The van der Waals surface area contributed by atoms with Gasteiger partial charge in [0.1, 0.15) is 0 Å². The molecule has 82 heavy (non-hydrogen) atoms.